The highest BCUT2D eigenvalue weighted by Crippen LogP contribution is 2.25. The normalized spacial score (nSPS) is 11.9. The number of para-hydroxylation sites is 1. The Morgan fingerprint density at radius 2 is 1.05 bits per heavy atom. The molecule has 1 unspecified atom stereocenters. The van der Waals surface area contributed by atoms with Crippen molar-refractivity contribution in [1.29, 1.82) is 0 Å². The molecule has 0 N–H and O–H groups in total. The maximum Gasteiger partial charge on any atom is 0.158 e. The Morgan fingerprint density at radius 1 is 0.571 bits per heavy atom. The molecular formula is C18H14O2S. The van der Waals surface area contributed by atoms with E-state index < -0.39 is 11.2 Å². The van der Waals surface area contributed by atoms with Gasteiger partial charge in [0.25, 0.3) is 0 Å². The van der Waals surface area contributed by atoms with E-state index in [4.69, 9.17) is 4.74 Å². The Kier molecular flexibility index (Phi) is 4.24. The summed E-state index contributed by atoms with van der Waals surface area (Å²) in [6, 6.07) is 26.4. The Balaban J connectivity index is 1.75. The van der Waals surface area contributed by atoms with Crippen LogP contribution < -0.4 is 4.74 Å². The average Bonchev–Trinajstić information content (AvgIpc) is 2.57. The Hall–Kier alpha value is -2.23. The molecule has 0 saturated carbocycles. The molecule has 2 nitrogen and oxygen atoms in total. The van der Waals surface area contributed by atoms with Gasteiger partial charge in [-0.3, -0.25) is 0 Å². The van der Waals surface area contributed by atoms with E-state index in [0.29, 0.717) is 0 Å². The highest BCUT2D eigenvalue weighted by atomic mass is 32.2. The number of hydrogen-bond donors (Lipinski definition) is 0. The fourth-order valence-corrected chi connectivity index (χ4v) is 3.00. The third kappa shape index (κ3) is 3.45. The van der Waals surface area contributed by atoms with E-state index in [1.165, 1.54) is 0 Å². The third-order valence-electron chi connectivity index (χ3n) is 2.97. The maximum atomic E-state index is 12.4. The highest BCUT2D eigenvalue weighted by Gasteiger charge is 2.13. The van der Waals surface area contributed by atoms with Gasteiger partial charge in [0.2, 0.25) is 0 Å². The van der Waals surface area contributed by atoms with Gasteiger partial charge < -0.3 is 9.29 Å². The molecule has 0 bridgehead atoms. The summed E-state index contributed by atoms with van der Waals surface area (Å²) in [5.41, 5.74) is 0. The monoisotopic (exact) mass is 294 g/mol. The van der Waals surface area contributed by atoms with Gasteiger partial charge in [-0.25, -0.2) is 0 Å². The largest absolute Gasteiger partial charge is 0.606 e. The molecule has 104 valence electrons. The summed E-state index contributed by atoms with van der Waals surface area (Å²) >= 11 is -1.16. The SMILES string of the molecule is [O-][S+](c1ccccc1)c1ccc(Oc2ccccc2)cc1. The molecule has 3 aromatic carbocycles. The van der Waals surface area contributed by atoms with Crippen LogP contribution in [-0.2, 0) is 11.2 Å². The number of hydrogen-bond acceptors (Lipinski definition) is 2. The molecular weight excluding hydrogens is 280 g/mol. The first-order chi connectivity index (χ1) is 10.3. The fraction of sp³-hybridized carbons (Fsp3) is 0. The van der Waals surface area contributed by atoms with Gasteiger partial charge in [0.1, 0.15) is 11.5 Å². The van der Waals surface area contributed by atoms with Crippen molar-refractivity contribution < 1.29 is 9.29 Å². The van der Waals surface area contributed by atoms with Crippen LogP contribution in [0.3, 0.4) is 0 Å². The standard InChI is InChI=1S/C18H14O2S/c19-21(17-9-5-2-6-10-17)18-13-11-16(12-14-18)20-15-7-3-1-4-8-15/h1-14H. The quantitative estimate of drug-likeness (QED) is 0.656. The van der Waals surface area contributed by atoms with Crippen LogP contribution >= 0.6 is 0 Å². The van der Waals surface area contributed by atoms with Crippen molar-refractivity contribution in [3.63, 3.8) is 0 Å². The van der Waals surface area contributed by atoms with Crippen molar-refractivity contribution in [2.45, 2.75) is 9.79 Å². The van der Waals surface area contributed by atoms with Crippen molar-refractivity contribution >= 4 is 11.2 Å². The second-order valence-corrected chi connectivity index (χ2v) is 5.95. The summed E-state index contributed by atoms with van der Waals surface area (Å²) in [6.07, 6.45) is 0. The Morgan fingerprint density at radius 3 is 1.67 bits per heavy atom. The number of ether oxygens (including phenoxy) is 1. The average molecular weight is 294 g/mol. The molecule has 0 aliphatic heterocycles. The first kappa shape index (κ1) is 13.7. The molecule has 3 heteroatoms. The lowest BCUT2D eigenvalue weighted by Gasteiger charge is -2.10. The van der Waals surface area contributed by atoms with Crippen LogP contribution in [0.2, 0.25) is 0 Å². The first-order valence-corrected chi connectivity index (χ1v) is 7.78. The Labute approximate surface area is 127 Å². The van der Waals surface area contributed by atoms with Gasteiger partial charge in [0.05, 0.1) is 0 Å². The van der Waals surface area contributed by atoms with E-state index in [2.05, 4.69) is 0 Å². The van der Waals surface area contributed by atoms with E-state index in [9.17, 15) is 4.55 Å². The lowest BCUT2D eigenvalue weighted by atomic mass is 10.3. The predicted octanol–water partition coefficient (Wildman–Crippen LogP) is 4.65. The van der Waals surface area contributed by atoms with Crippen LogP contribution in [0, 0.1) is 0 Å². The molecule has 1 atom stereocenters. The van der Waals surface area contributed by atoms with Crippen LogP contribution in [0.25, 0.3) is 0 Å². The van der Waals surface area contributed by atoms with E-state index in [0.717, 1.165) is 21.3 Å². The molecule has 0 aliphatic carbocycles. The molecule has 0 heterocycles. The van der Waals surface area contributed by atoms with Gasteiger partial charge in [-0.05, 0) is 48.5 Å². The Bertz CT molecular complexity index is 681. The molecule has 0 aliphatic rings. The second-order valence-electron chi connectivity index (χ2n) is 4.47. The van der Waals surface area contributed by atoms with Crippen molar-refractivity contribution in [1.82, 2.24) is 0 Å². The highest BCUT2D eigenvalue weighted by molar-refractivity contribution is 7.91. The third-order valence-corrected chi connectivity index (χ3v) is 4.37. The minimum Gasteiger partial charge on any atom is -0.606 e. The fourth-order valence-electron chi connectivity index (χ4n) is 1.94. The lowest BCUT2D eigenvalue weighted by Crippen LogP contribution is -2.01. The van der Waals surface area contributed by atoms with Gasteiger partial charge in [0, 0.05) is 11.2 Å². The number of benzene rings is 3. The topological polar surface area (TPSA) is 32.3 Å². The summed E-state index contributed by atoms with van der Waals surface area (Å²) in [5.74, 6) is 1.52. The summed E-state index contributed by atoms with van der Waals surface area (Å²) in [7, 11) is 0. The summed E-state index contributed by atoms with van der Waals surface area (Å²) in [6.45, 7) is 0. The molecule has 3 rings (SSSR count). The predicted molar refractivity (Wildman–Crippen MR) is 84.1 cm³/mol. The second kappa shape index (κ2) is 6.48. The zero-order chi connectivity index (χ0) is 14.5. The van der Waals surface area contributed by atoms with Crippen LogP contribution in [0.15, 0.2) is 94.7 Å². The molecule has 3 aromatic rings. The smallest absolute Gasteiger partial charge is 0.158 e. The molecule has 0 spiro atoms. The van der Waals surface area contributed by atoms with Crippen molar-refractivity contribution in [2.24, 2.45) is 0 Å². The molecule has 0 amide bonds. The van der Waals surface area contributed by atoms with Crippen LogP contribution in [0.4, 0.5) is 0 Å². The van der Waals surface area contributed by atoms with E-state index in [-0.39, 0.29) is 0 Å². The van der Waals surface area contributed by atoms with Gasteiger partial charge in [-0.15, -0.1) is 0 Å². The van der Waals surface area contributed by atoms with Crippen LogP contribution in [-0.4, -0.2) is 4.55 Å². The lowest BCUT2D eigenvalue weighted by molar-refractivity contribution is 0.482. The first-order valence-electron chi connectivity index (χ1n) is 6.63. The minimum absolute atomic E-state index is 0.731. The van der Waals surface area contributed by atoms with E-state index in [1.54, 1.807) is 0 Å². The van der Waals surface area contributed by atoms with Crippen LogP contribution in [0.1, 0.15) is 0 Å². The minimum atomic E-state index is -1.16. The van der Waals surface area contributed by atoms with E-state index >= 15 is 0 Å². The maximum absolute atomic E-state index is 12.4. The summed E-state index contributed by atoms with van der Waals surface area (Å²) < 4.78 is 18.1. The van der Waals surface area contributed by atoms with Gasteiger partial charge in [0.15, 0.2) is 9.79 Å². The van der Waals surface area contributed by atoms with E-state index in [1.807, 2.05) is 84.9 Å². The molecule has 21 heavy (non-hydrogen) atoms. The summed E-state index contributed by atoms with van der Waals surface area (Å²) in [5, 5.41) is 0. The zero-order valence-corrected chi connectivity index (χ0v) is 12.1. The van der Waals surface area contributed by atoms with Gasteiger partial charge >= 0.3 is 0 Å². The molecule has 0 aromatic heterocycles. The van der Waals surface area contributed by atoms with Crippen LogP contribution in [0.5, 0.6) is 11.5 Å². The van der Waals surface area contributed by atoms with Gasteiger partial charge in [-0.2, -0.15) is 0 Å². The molecule has 0 radical (unpaired) electrons. The van der Waals surface area contributed by atoms with Crippen molar-refractivity contribution in [3.05, 3.63) is 84.9 Å². The van der Waals surface area contributed by atoms with Crippen molar-refractivity contribution in [2.75, 3.05) is 0 Å². The molecule has 0 saturated heterocycles. The summed E-state index contributed by atoms with van der Waals surface area (Å²) in [4.78, 5) is 1.57. The van der Waals surface area contributed by atoms with Crippen molar-refractivity contribution in [3.8, 4) is 11.5 Å². The number of rotatable bonds is 4. The molecule has 0 fully saturated rings. The zero-order valence-electron chi connectivity index (χ0n) is 11.3. The van der Waals surface area contributed by atoms with Gasteiger partial charge in [-0.1, -0.05) is 36.4 Å².